The molecule has 1 aliphatic rings. The summed E-state index contributed by atoms with van der Waals surface area (Å²) in [6, 6.07) is 5.39. The molecule has 20 heavy (non-hydrogen) atoms. The molecule has 0 atom stereocenters. The Kier molecular flexibility index (Phi) is 3.14. The van der Waals surface area contributed by atoms with Crippen LogP contribution in [-0.4, -0.2) is 27.8 Å². The molecule has 6 heteroatoms. The molecular formula is C14H15N3O3. The predicted octanol–water partition coefficient (Wildman–Crippen LogP) is 2.03. The van der Waals surface area contributed by atoms with Crippen LogP contribution < -0.4 is 4.90 Å². The van der Waals surface area contributed by atoms with Crippen LogP contribution in [0.3, 0.4) is 0 Å². The van der Waals surface area contributed by atoms with Gasteiger partial charge in [-0.15, -0.1) is 0 Å². The number of aromatic nitrogens is 2. The molecule has 1 N–H and O–H groups in total. The smallest absolute Gasteiger partial charge is 0.336 e. The minimum absolute atomic E-state index is 0.386. The van der Waals surface area contributed by atoms with E-state index in [0.29, 0.717) is 23.8 Å². The fourth-order valence-electron chi connectivity index (χ4n) is 2.64. The van der Waals surface area contributed by atoms with Crippen molar-refractivity contribution in [1.82, 2.24) is 10.1 Å². The van der Waals surface area contributed by atoms with Crippen LogP contribution >= 0.6 is 0 Å². The van der Waals surface area contributed by atoms with Gasteiger partial charge in [0, 0.05) is 19.2 Å². The summed E-state index contributed by atoms with van der Waals surface area (Å²) in [6.07, 6.45) is 1.72. The fraction of sp³-hybridized carbons (Fsp3) is 0.357. The maximum absolute atomic E-state index is 11.3. The quantitative estimate of drug-likeness (QED) is 0.921. The molecule has 0 aliphatic carbocycles. The van der Waals surface area contributed by atoms with Crippen molar-refractivity contribution in [2.45, 2.75) is 26.3 Å². The molecule has 0 saturated carbocycles. The zero-order valence-corrected chi connectivity index (χ0v) is 11.2. The van der Waals surface area contributed by atoms with Crippen molar-refractivity contribution in [3.05, 3.63) is 41.0 Å². The monoisotopic (exact) mass is 273 g/mol. The van der Waals surface area contributed by atoms with Crippen LogP contribution in [0.4, 0.5) is 5.69 Å². The van der Waals surface area contributed by atoms with Crippen molar-refractivity contribution in [1.29, 1.82) is 0 Å². The Balaban J connectivity index is 1.94. The van der Waals surface area contributed by atoms with Gasteiger partial charge in [-0.3, -0.25) is 0 Å². The first-order chi connectivity index (χ1) is 9.65. The summed E-state index contributed by atoms with van der Waals surface area (Å²) < 4.78 is 4.97. The molecule has 2 aromatic rings. The summed E-state index contributed by atoms with van der Waals surface area (Å²) in [5.74, 6) is 0.284. The van der Waals surface area contributed by atoms with E-state index in [-0.39, 0.29) is 0 Å². The average Bonchev–Trinajstić information content (AvgIpc) is 2.84. The lowest BCUT2D eigenvalue weighted by atomic mass is 9.96. The second kappa shape index (κ2) is 4.96. The summed E-state index contributed by atoms with van der Waals surface area (Å²) >= 11 is 0. The standard InChI is InChI=1S/C14H15N3O3/c1-9-15-13(16-20-9)8-17-7-3-5-10-11(14(18)19)4-2-6-12(10)17/h2,4,6H,3,5,7-8H2,1H3,(H,18,19). The lowest BCUT2D eigenvalue weighted by Crippen LogP contribution is -2.30. The van der Waals surface area contributed by atoms with Crippen LogP contribution in [0.2, 0.25) is 0 Å². The molecule has 1 aromatic carbocycles. The van der Waals surface area contributed by atoms with Crippen molar-refractivity contribution in [2.75, 3.05) is 11.4 Å². The van der Waals surface area contributed by atoms with Crippen LogP contribution in [-0.2, 0) is 13.0 Å². The highest BCUT2D eigenvalue weighted by atomic mass is 16.5. The van der Waals surface area contributed by atoms with Crippen molar-refractivity contribution < 1.29 is 14.4 Å². The number of carbonyl (C=O) groups is 1. The molecule has 1 aromatic heterocycles. The molecule has 6 nitrogen and oxygen atoms in total. The lowest BCUT2D eigenvalue weighted by Gasteiger charge is -2.31. The number of carboxylic acid groups (broad SMARTS) is 1. The van der Waals surface area contributed by atoms with Crippen molar-refractivity contribution in [3.8, 4) is 0 Å². The van der Waals surface area contributed by atoms with Gasteiger partial charge in [0.1, 0.15) is 0 Å². The number of aromatic carboxylic acids is 1. The number of carboxylic acids is 1. The van der Waals surface area contributed by atoms with Gasteiger partial charge >= 0.3 is 5.97 Å². The van der Waals surface area contributed by atoms with E-state index >= 15 is 0 Å². The largest absolute Gasteiger partial charge is 0.478 e. The van der Waals surface area contributed by atoms with Gasteiger partial charge in [0.2, 0.25) is 5.89 Å². The van der Waals surface area contributed by atoms with E-state index in [0.717, 1.165) is 30.6 Å². The van der Waals surface area contributed by atoms with E-state index in [4.69, 9.17) is 4.52 Å². The lowest BCUT2D eigenvalue weighted by molar-refractivity contribution is 0.0695. The van der Waals surface area contributed by atoms with E-state index in [2.05, 4.69) is 15.0 Å². The number of anilines is 1. The van der Waals surface area contributed by atoms with Gasteiger partial charge in [0.15, 0.2) is 5.82 Å². The Hall–Kier alpha value is -2.37. The Bertz CT molecular complexity index is 651. The van der Waals surface area contributed by atoms with E-state index in [1.165, 1.54) is 0 Å². The molecule has 2 heterocycles. The fourth-order valence-corrected chi connectivity index (χ4v) is 2.64. The molecule has 104 valence electrons. The number of hydrogen-bond donors (Lipinski definition) is 1. The van der Waals surface area contributed by atoms with Crippen LogP contribution in [0.25, 0.3) is 0 Å². The van der Waals surface area contributed by atoms with Crippen LogP contribution in [0, 0.1) is 6.92 Å². The van der Waals surface area contributed by atoms with E-state index < -0.39 is 5.97 Å². The Morgan fingerprint density at radius 1 is 1.50 bits per heavy atom. The molecule has 0 saturated heterocycles. The third kappa shape index (κ3) is 2.24. The van der Waals surface area contributed by atoms with Gasteiger partial charge in [-0.05, 0) is 30.5 Å². The topological polar surface area (TPSA) is 79.5 Å². The number of benzene rings is 1. The first kappa shape index (κ1) is 12.7. The third-order valence-corrected chi connectivity index (χ3v) is 3.48. The predicted molar refractivity (Wildman–Crippen MR) is 71.8 cm³/mol. The average molecular weight is 273 g/mol. The molecule has 3 rings (SSSR count). The summed E-state index contributed by atoms with van der Waals surface area (Å²) in [4.78, 5) is 17.6. The molecule has 0 radical (unpaired) electrons. The molecule has 0 fully saturated rings. The van der Waals surface area contributed by atoms with Gasteiger partial charge in [0.05, 0.1) is 12.1 Å². The van der Waals surface area contributed by atoms with Gasteiger partial charge in [-0.25, -0.2) is 4.79 Å². The van der Waals surface area contributed by atoms with Crippen LogP contribution in [0.5, 0.6) is 0 Å². The summed E-state index contributed by atoms with van der Waals surface area (Å²) in [6.45, 7) is 3.15. The summed E-state index contributed by atoms with van der Waals surface area (Å²) in [5.41, 5.74) is 2.24. The molecule has 0 spiro atoms. The Labute approximate surface area is 116 Å². The van der Waals surface area contributed by atoms with Gasteiger partial charge in [-0.1, -0.05) is 11.2 Å². The van der Waals surface area contributed by atoms with E-state index in [1.54, 1.807) is 19.1 Å². The highest BCUT2D eigenvalue weighted by molar-refractivity contribution is 5.91. The third-order valence-electron chi connectivity index (χ3n) is 3.48. The van der Waals surface area contributed by atoms with Crippen molar-refractivity contribution in [3.63, 3.8) is 0 Å². The molecule has 0 unspecified atom stereocenters. The summed E-state index contributed by atoms with van der Waals surface area (Å²) in [5, 5.41) is 13.2. The highest BCUT2D eigenvalue weighted by Crippen LogP contribution is 2.30. The van der Waals surface area contributed by atoms with Crippen molar-refractivity contribution in [2.24, 2.45) is 0 Å². The minimum Gasteiger partial charge on any atom is -0.478 e. The van der Waals surface area contributed by atoms with Crippen LogP contribution in [0.15, 0.2) is 22.7 Å². The van der Waals surface area contributed by atoms with Gasteiger partial charge in [-0.2, -0.15) is 4.98 Å². The molecule has 1 aliphatic heterocycles. The molecule has 0 amide bonds. The molecule has 0 bridgehead atoms. The minimum atomic E-state index is -0.876. The van der Waals surface area contributed by atoms with E-state index in [9.17, 15) is 9.90 Å². The van der Waals surface area contributed by atoms with Crippen molar-refractivity contribution >= 4 is 11.7 Å². The normalized spacial score (nSPS) is 14.2. The maximum Gasteiger partial charge on any atom is 0.336 e. The number of nitrogens with zero attached hydrogens (tertiary/aromatic N) is 3. The first-order valence-corrected chi connectivity index (χ1v) is 6.54. The number of aryl methyl sites for hydroxylation is 1. The summed E-state index contributed by atoms with van der Waals surface area (Å²) in [7, 11) is 0. The first-order valence-electron chi connectivity index (χ1n) is 6.54. The number of hydrogen-bond acceptors (Lipinski definition) is 5. The number of fused-ring (bicyclic) bond motifs is 1. The Morgan fingerprint density at radius 3 is 3.05 bits per heavy atom. The second-order valence-corrected chi connectivity index (χ2v) is 4.86. The highest BCUT2D eigenvalue weighted by Gasteiger charge is 2.23. The Morgan fingerprint density at radius 2 is 2.35 bits per heavy atom. The molecular weight excluding hydrogens is 258 g/mol. The second-order valence-electron chi connectivity index (χ2n) is 4.86. The van der Waals surface area contributed by atoms with Crippen LogP contribution in [0.1, 0.15) is 34.1 Å². The zero-order valence-electron chi connectivity index (χ0n) is 11.2. The zero-order chi connectivity index (χ0) is 14.1. The van der Waals surface area contributed by atoms with Gasteiger partial charge in [0.25, 0.3) is 0 Å². The maximum atomic E-state index is 11.3. The number of rotatable bonds is 3. The van der Waals surface area contributed by atoms with Gasteiger partial charge < -0.3 is 14.5 Å². The SMILES string of the molecule is Cc1nc(CN2CCCc3c(C(=O)O)cccc32)no1. The van der Waals surface area contributed by atoms with E-state index in [1.807, 2.05) is 6.07 Å².